The van der Waals surface area contributed by atoms with Crippen molar-refractivity contribution in [2.24, 2.45) is 0 Å². The summed E-state index contributed by atoms with van der Waals surface area (Å²) in [6.07, 6.45) is 2.85. The van der Waals surface area contributed by atoms with Crippen LogP contribution in [0.1, 0.15) is 19.4 Å². The van der Waals surface area contributed by atoms with Crippen molar-refractivity contribution in [2.75, 3.05) is 20.3 Å². The lowest BCUT2D eigenvalue weighted by Crippen LogP contribution is -2.35. The zero-order chi connectivity index (χ0) is 20.8. The summed E-state index contributed by atoms with van der Waals surface area (Å²) >= 11 is 4.18. The van der Waals surface area contributed by atoms with E-state index in [-0.39, 0.29) is 11.0 Å². The van der Waals surface area contributed by atoms with Crippen molar-refractivity contribution in [3.63, 3.8) is 0 Å². The number of thioether (sulfide) groups is 1. The minimum absolute atomic E-state index is 0.205. The highest BCUT2D eigenvalue weighted by Crippen LogP contribution is 2.39. The second kappa shape index (κ2) is 9.79. The molecule has 2 rings (SSSR count). The van der Waals surface area contributed by atoms with Gasteiger partial charge < -0.3 is 14.2 Å². The van der Waals surface area contributed by atoms with Crippen LogP contribution in [0, 0.1) is 0 Å². The number of hydrogen-bond acceptors (Lipinski definition) is 7. The van der Waals surface area contributed by atoms with E-state index in [2.05, 4.69) is 22.5 Å². The van der Waals surface area contributed by atoms with E-state index < -0.39 is 23.7 Å². The lowest BCUT2D eigenvalue weighted by Gasteiger charge is -2.13. The molecule has 1 aliphatic heterocycles. The van der Waals surface area contributed by atoms with E-state index >= 15 is 0 Å². The van der Waals surface area contributed by atoms with Crippen LogP contribution in [0.3, 0.4) is 0 Å². The number of carbonyl (C=O) groups excluding carboxylic acids is 3. The number of ether oxygens (including phenoxy) is 3. The standard InChI is InChI=1S/C19H20BrNO6S/c1-5-6-26-17-13(20)7-12(8-14(17)25-4)9-15-18(23)21(19(24)28-15)10-16(22)27-11(2)3/h5,7-9,11H,1,6,10H2,2-4H3/b15-9+. The molecular formula is C19H20BrNO6S. The van der Waals surface area contributed by atoms with Gasteiger partial charge in [-0.1, -0.05) is 12.7 Å². The van der Waals surface area contributed by atoms with Gasteiger partial charge in [0.05, 0.1) is 22.6 Å². The molecule has 150 valence electrons. The van der Waals surface area contributed by atoms with Crippen LogP contribution in [0.25, 0.3) is 6.08 Å². The van der Waals surface area contributed by atoms with E-state index in [9.17, 15) is 14.4 Å². The highest BCUT2D eigenvalue weighted by Gasteiger charge is 2.36. The Morgan fingerprint density at radius 3 is 2.68 bits per heavy atom. The van der Waals surface area contributed by atoms with Crippen molar-refractivity contribution in [2.45, 2.75) is 20.0 Å². The maximum atomic E-state index is 12.5. The van der Waals surface area contributed by atoms with Crippen molar-refractivity contribution < 1.29 is 28.6 Å². The molecule has 0 saturated carbocycles. The van der Waals surface area contributed by atoms with Crippen LogP contribution in [0.5, 0.6) is 11.5 Å². The maximum absolute atomic E-state index is 12.5. The molecule has 0 aliphatic carbocycles. The van der Waals surface area contributed by atoms with Crippen LogP contribution in [0.15, 0.2) is 34.2 Å². The van der Waals surface area contributed by atoms with Gasteiger partial charge in [0, 0.05) is 0 Å². The minimum atomic E-state index is -0.633. The molecule has 1 aliphatic rings. The van der Waals surface area contributed by atoms with Gasteiger partial charge in [-0.3, -0.25) is 19.3 Å². The molecule has 2 amide bonds. The molecule has 7 nitrogen and oxygen atoms in total. The third-order valence-corrected chi connectivity index (χ3v) is 4.92. The summed E-state index contributed by atoms with van der Waals surface area (Å²) in [6, 6.07) is 3.42. The van der Waals surface area contributed by atoms with Crippen LogP contribution in [-0.4, -0.2) is 48.4 Å². The van der Waals surface area contributed by atoms with E-state index in [0.29, 0.717) is 28.1 Å². The minimum Gasteiger partial charge on any atom is -0.493 e. The Morgan fingerprint density at radius 1 is 1.36 bits per heavy atom. The number of esters is 1. The predicted octanol–water partition coefficient (Wildman–Crippen LogP) is 4.01. The van der Waals surface area contributed by atoms with Gasteiger partial charge in [0.2, 0.25) is 0 Å². The first-order valence-corrected chi connectivity index (χ1v) is 9.93. The van der Waals surface area contributed by atoms with Crippen LogP contribution in [0.4, 0.5) is 4.79 Å². The number of imide groups is 1. The molecule has 1 heterocycles. The second-order valence-corrected chi connectivity index (χ2v) is 7.79. The van der Waals surface area contributed by atoms with Gasteiger partial charge in [0.25, 0.3) is 11.1 Å². The highest BCUT2D eigenvalue weighted by atomic mass is 79.9. The average molecular weight is 470 g/mol. The summed E-state index contributed by atoms with van der Waals surface area (Å²) in [6.45, 7) is 6.88. The zero-order valence-electron chi connectivity index (χ0n) is 15.7. The SMILES string of the molecule is C=CCOc1c(Br)cc(/C=C2/SC(=O)N(CC(=O)OC(C)C)C2=O)cc1OC. The van der Waals surface area contributed by atoms with Gasteiger partial charge in [0.1, 0.15) is 13.2 Å². The third kappa shape index (κ3) is 5.39. The molecule has 0 unspecified atom stereocenters. The number of hydrogen-bond donors (Lipinski definition) is 0. The molecule has 0 spiro atoms. The Morgan fingerprint density at radius 2 is 2.07 bits per heavy atom. The fraction of sp³-hybridized carbons (Fsp3) is 0.316. The molecule has 1 aromatic rings. The number of methoxy groups -OCH3 is 1. The normalized spacial score (nSPS) is 15.3. The Bertz CT molecular complexity index is 836. The van der Waals surface area contributed by atoms with E-state index in [1.54, 1.807) is 38.1 Å². The van der Waals surface area contributed by atoms with E-state index in [0.717, 1.165) is 16.7 Å². The fourth-order valence-electron chi connectivity index (χ4n) is 2.32. The Hall–Kier alpha value is -2.26. The number of amides is 2. The molecule has 9 heteroatoms. The molecule has 0 radical (unpaired) electrons. The summed E-state index contributed by atoms with van der Waals surface area (Å²) in [5, 5.41) is -0.520. The predicted molar refractivity (Wildman–Crippen MR) is 110 cm³/mol. The number of rotatable bonds is 8. The molecule has 0 bridgehead atoms. The largest absolute Gasteiger partial charge is 0.493 e. The Labute approximate surface area is 175 Å². The van der Waals surface area contributed by atoms with Gasteiger partial charge in [-0.25, -0.2) is 0 Å². The quantitative estimate of drug-likeness (QED) is 0.323. The monoisotopic (exact) mass is 469 g/mol. The molecule has 1 saturated heterocycles. The van der Waals surface area contributed by atoms with Gasteiger partial charge in [-0.2, -0.15) is 0 Å². The molecule has 0 N–H and O–H groups in total. The molecule has 28 heavy (non-hydrogen) atoms. The second-order valence-electron chi connectivity index (χ2n) is 5.94. The molecule has 0 atom stereocenters. The third-order valence-electron chi connectivity index (χ3n) is 3.42. The topological polar surface area (TPSA) is 82.1 Å². The first-order valence-electron chi connectivity index (χ1n) is 8.32. The van der Waals surface area contributed by atoms with Crippen molar-refractivity contribution in [3.8, 4) is 11.5 Å². The summed E-state index contributed by atoms with van der Waals surface area (Å²) in [7, 11) is 1.50. The van der Waals surface area contributed by atoms with Crippen LogP contribution < -0.4 is 9.47 Å². The van der Waals surface area contributed by atoms with Crippen molar-refractivity contribution in [3.05, 3.63) is 39.7 Å². The van der Waals surface area contributed by atoms with Crippen LogP contribution in [-0.2, 0) is 14.3 Å². The summed E-state index contributed by atoms with van der Waals surface area (Å²) in [5.41, 5.74) is 0.630. The first kappa shape index (κ1) is 22.0. The van der Waals surface area contributed by atoms with E-state index in [1.165, 1.54) is 7.11 Å². The maximum Gasteiger partial charge on any atom is 0.326 e. The number of benzene rings is 1. The van der Waals surface area contributed by atoms with Gasteiger partial charge in [-0.15, -0.1) is 0 Å². The molecule has 1 fully saturated rings. The van der Waals surface area contributed by atoms with Crippen LogP contribution >= 0.6 is 27.7 Å². The first-order chi connectivity index (χ1) is 13.3. The molecule has 1 aromatic carbocycles. The van der Waals surface area contributed by atoms with Crippen molar-refractivity contribution in [1.29, 1.82) is 0 Å². The van der Waals surface area contributed by atoms with Gasteiger partial charge >= 0.3 is 5.97 Å². The Kier molecular flexibility index (Phi) is 7.70. The zero-order valence-corrected chi connectivity index (χ0v) is 18.1. The van der Waals surface area contributed by atoms with E-state index in [4.69, 9.17) is 14.2 Å². The summed E-state index contributed by atoms with van der Waals surface area (Å²) in [5.74, 6) is -0.212. The van der Waals surface area contributed by atoms with Gasteiger partial charge in [-0.05, 0) is 65.3 Å². The number of halogens is 1. The summed E-state index contributed by atoms with van der Waals surface area (Å²) in [4.78, 5) is 37.5. The van der Waals surface area contributed by atoms with Crippen LogP contribution in [0.2, 0.25) is 0 Å². The summed E-state index contributed by atoms with van der Waals surface area (Å²) < 4.78 is 16.5. The smallest absolute Gasteiger partial charge is 0.326 e. The highest BCUT2D eigenvalue weighted by molar-refractivity contribution is 9.10. The number of carbonyl (C=O) groups is 3. The van der Waals surface area contributed by atoms with Gasteiger partial charge in [0.15, 0.2) is 11.5 Å². The average Bonchev–Trinajstić information content (AvgIpc) is 2.87. The van der Waals surface area contributed by atoms with Crippen molar-refractivity contribution in [1.82, 2.24) is 4.90 Å². The number of nitrogens with zero attached hydrogens (tertiary/aromatic N) is 1. The Balaban J connectivity index is 2.24. The van der Waals surface area contributed by atoms with E-state index in [1.807, 2.05) is 0 Å². The van der Waals surface area contributed by atoms with Crippen molar-refractivity contribution >= 4 is 50.9 Å². The molecular weight excluding hydrogens is 450 g/mol. The lowest BCUT2D eigenvalue weighted by molar-refractivity contribution is -0.149. The lowest BCUT2D eigenvalue weighted by atomic mass is 10.2. The fourth-order valence-corrected chi connectivity index (χ4v) is 3.73. The molecule has 0 aromatic heterocycles.